The number of hydrogen-bond donors (Lipinski definition) is 0. The van der Waals surface area contributed by atoms with Crippen LogP contribution in [0.25, 0.3) is 0 Å². The van der Waals surface area contributed by atoms with E-state index in [1.807, 2.05) is 6.92 Å². The number of epoxide rings is 1. The molecule has 1 fully saturated rings. The van der Waals surface area contributed by atoms with Crippen LogP contribution in [-0.2, 0) is 23.7 Å². The zero-order valence-corrected chi connectivity index (χ0v) is 9.44. The lowest BCUT2D eigenvalue weighted by Gasteiger charge is -2.15. The second-order valence-electron chi connectivity index (χ2n) is 3.17. The second-order valence-corrected chi connectivity index (χ2v) is 3.17. The summed E-state index contributed by atoms with van der Waals surface area (Å²) in [7, 11) is 1.65. The highest BCUT2D eigenvalue weighted by Crippen LogP contribution is 2.17. The van der Waals surface area contributed by atoms with Crippen LogP contribution < -0.4 is 0 Å². The lowest BCUT2D eigenvalue weighted by molar-refractivity contribution is -0.158. The lowest BCUT2D eigenvalue weighted by Crippen LogP contribution is -2.25. The average molecular weight is 220 g/mol. The van der Waals surface area contributed by atoms with Crippen molar-refractivity contribution in [2.24, 2.45) is 0 Å². The molecule has 0 bridgehead atoms. The fourth-order valence-corrected chi connectivity index (χ4v) is 1.11. The fraction of sp³-hybridized carbons (Fsp3) is 1.00. The molecule has 90 valence electrons. The molecule has 0 N–H and O–H groups in total. The van der Waals surface area contributed by atoms with Crippen molar-refractivity contribution in [1.82, 2.24) is 0 Å². The summed E-state index contributed by atoms with van der Waals surface area (Å²) >= 11 is 0. The normalized spacial score (nSPS) is 21.6. The van der Waals surface area contributed by atoms with Crippen molar-refractivity contribution in [3.63, 3.8) is 0 Å². The van der Waals surface area contributed by atoms with Gasteiger partial charge in [0.05, 0.1) is 33.0 Å². The van der Waals surface area contributed by atoms with Crippen LogP contribution in [-0.4, -0.2) is 59.1 Å². The molecule has 0 radical (unpaired) electrons. The molecule has 0 spiro atoms. The first kappa shape index (κ1) is 12.9. The quantitative estimate of drug-likeness (QED) is 0.303. The van der Waals surface area contributed by atoms with Crippen LogP contribution in [0.3, 0.4) is 0 Å². The van der Waals surface area contributed by atoms with Gasteiger partial charge in [-0.3, -0.25) is 0 Å². The third kappa shape index (κ3) is 6.06. The van der Waals surface area contributed by atoms with E-state index in [1.165, 1.54) is 0 Å². The first-order valence-electron chi connectivity index (χ1n) is 5.30. The first-order chi connectivity index (χ1) is 7.38. The number of methoxy groups -OCH3 is 1. The Kier molecular flexibility index (Phi) is 6.87. The summed E-state index contributed by atoms with van der Waals surface area (Å²) in [5.74, 6) is 0. The maximum atomic E-state index is 5.47. The van der Waals surface area contributed by atoms with Gasteiger partial charge in [0.2, 0.25) is 0 Å². The van der Waals surface area contributed by atoms with E-state index in [1.54, 1.807) is 7.11 Å². The summed E-state index contributed by atoms with van der Waals surface area (Å²) in [4.78, 5) is 0. The number of ether oxygens (including phenoxy) is 5. The van der Waals surface area contributed by atoms with Gasteiger partial charge in [0.1, 0.15) is 6.10 Å². The first-order valence-corrected chi connectivity index (χ1v) is 5.30. The minimum Gasteiger partial charge on any atom is -0.382 e. The van der Waals surface area contributed by atoms with Gasteiger partial charge >= 0.3 is 0 Å². The molecule has 15 heavy (non-hydrogen) atoms. The smallest absolute Gasteiger partial charge is 0.186 e. The molecule has 1 aliphatic heterocycles. The molecule has 1 saturated heterocycles. The van der Waals surface area contributed by atoms with Gasteiger partial charge in [-0.25, -0.2) is 0 Å². The molecule has 0 saturated carbocycles. The van der Waals surface area contributed by atoms with Gasteiger partial charge in [0, 0.05) is 13.7 Å². The van der Waals surface area contributed by atoms with Gasteiger partial charge < -0.3 is 23.7 Å². The van der Waals surface area contributed by atoms with E-state index in [2.05, 4.69) is 0 Å². The van der Waals surface area contributed by atoms with Crippen LogP contribution in [0.2, 0.25) is 0 Å². The number of hydrogen-bond acceptors (Lipinski definition) is 5. The average Bonchev–Trinajstić information content (AvgIpc) is 3.05. The summed E-state index contributed by atoms with van der Waals surface area (Å²) in [5.41, 5.74) is 0. The van der Waals surface area contributed by atoms with E-state index in [9.17, 15) is 0 Å². The van der Waals surface area contributed by atoms with Gasteiger partial charge in [0.15, 0.2) is 6.29 Å². The van der Waals surface area contributed by atoms with E-state index in [4.69, 9.17) is 23.7 Å². The molecular formula is C10H20O5. The molecule has 2 unspecified atom stereocenters. The van der Waals surface area contributed by atoms with E-state index >= 15 is 0 Å². The van der Waals surface area contributed by atoms with E-state index in [-0.39, 0.29) is 12.4 Å². The van der Waals surface area contributed by atoms with Crippen LogP contribution in [0.15, 0.2) is 0 Å². The molecule has 0 amide bonds. The van der Waals surface area contributed by atoms with Gasteiger partial charge in [0.25, 0.3) is 0 Å². The lowest BCUT2D eigenvalue weighted by atomic mass is 10.4. The van der Waals surface area contributed by atoms with Crippen LogP contribution in [0.5, 0.6) is 0 Å². The minimum atomic E-state index is -0.235. The zero-order chi connectivity index (χ0) is 10.9. The second kappa shape index (κ2) is 8.01. The van der Waals surface area contributed by atoms with Gasteiger partial charge in [-0.2, -0.15) is 0 Å². The molecular weight excluding hydrogens is 200 g/mol. The molecule has 1 heterocycles. The molecule has 0 aliphatic carbocycles. The molecule has 5 heteroatoms. The van der Waals surface area contributed by atoms with Crippen molar-refractivity contribution in [3.8, 4) is 0 Å². The molecule has 1 rings (SSSR count). The predicted octanol–water partition coefficient (Wildman–Crippen LogP) is 0.427. The molecule has 0 aromatic rings. The fourth-order valence-electron chi connectivity index (χ4n) is 1.11. The van der Waals surface area contributed by atoms with E-state index in [0.717, 1.165) is 6.61 Å². The van der Waals surface area contributed by atoms with Crippen LogP contribution in [0.1, 0.15) is 6.92 Å². The van der Waals surface area contributed by atoms with E-state index < -0.39 is 0 Å². The molecule has 0 aromatic carbocycles. The highest BCUT2D eigenvalue weighted by molar-refractivity contribution is 4.73. The summed E-state index contributed by atoms with van der Waals surface area (Å²) in [5, 5.41) is 0. The minimum absolute atomic E-state index is 0.115. The Morgan fingerprint density at radius 3 is 2.53 bits per heavy atom. The Balaban J connectivity index is 1.92. The maximum absolute atomic E-state index is 5.47. The standard InChI is InChI=1S/C10H20O5/c1-3-13-10(9-8-15-9)14-7-6-12-5-4-11-2/h9-10H,3-8H2,1-2H3. The van der Waals surface area contributed by atoms with Crippen LogP contribution in [0, 0.1) is 0 Å². The Bertz CT molecular complexity index is 149. The highest BCUT2D eigenvalue weighted by Gasteiger charge is 2.34. The Hall–Kier alpha value is -0.200. The van der Waals surface area contributed by atoms with Gasteiger partial charge in [-0.1, -0.05) is 0 Å². The molecule has 1 aliphatic rings. The predicted molar refractivity (Wildman–Crippen MR) is 53.8 cm³/mol. The highest BCUT2D eigenvalue weighted by atomic mass is 16.7. The SMILES string of the molecule is CCOC(OCCOCCOC)C1CO1. The van der Waals surface area contributed by atoms with Crippen molar-refractivity contribution in [3.05, 3.63) is 0 Å². The third-order valence-corrected chi connectivity index (χ3v) is 1.94. The van der Waals surface area contributed by atoms with Crippen molar-refractivity contribution < 1.29 is 23.7 Å². The Morgan fingerprint density at radius 2 is 1.93 bits per heavy atom. The monoisotopic (exact) mass is 220 g/mol. The van der Waals surface area contributed by atoms with Crippen molar-refractivity contribution in [1.29, 1.82) is 0 Å². The van der Waals surface area contributed by atoms with Crippen molar-refractivity contribution in [2.75, 3.05) is 46.8 Å². The zero-order valence-electron chi connectivity index (χ0n) is 9.44. The van der Waals surface area contributed by atoms with Crippen molar-refractivity contribution >= 4 is 0 Å². The number of rotatable bonds is 10. The molecule has 0 aromatic heterocycles. The third-order valence-electron chi connectivity index (χ3n) is 1.94. The van der Waals surface area contributed by atoms with E-state index in [0.29, 0.717) is 33.0 Å². The van der Waals surface area contributed by atoms with Crippen LogP contribution >= 0.6 is 0 Å². The summed E-state index contributed by atoms with van der Waals surface area (Å²) in [6.07, 6.45) is -0.120. The Morgan fingerprint density at radius 1 is 1.20 bits per heavy atom. The van der Waals surface area contributed by atoms with Crippen LogP contribution in [0.4, 0.5) is 0 Å². The Labute approximate surface area is 90.6 Å². The largest absolute Gasteiger partial charge is 0.382 e. The summed E-state index contributed by atoms with van der Waals surface area (Å²) < 4.78 is 26.0. The summed E-state index contributed by atoms with van der Waals surface area (Å²) in [6.45, 7) is 5.59. The topological polar surface area (TPSA) is 49.5 Å². The molecule has 5 nitrogen and oxygen atoms in total. The van der Waals surface area contributed by atoms with Crippen molar-refractivity contribution in [2.45, 2.75) is 19.3 Å². The molecule has 2 atom stereocenters. The maximum Gasteiger partial charge on any atom is 0.186 e. The van der Waals surface area contributed by atoms with Gasteiger partial charge in [-0.05, 0) is 6.92 Å². The summed E-state index contributed by atoms with van der Waals surface area (Å²) in [6, 6.07) is 0. The van der Waals surface area contributed by atoms with Gasteiger partial charge in [-0.15, -0.1) is 0 Å².